The molecule has 10 heteroatoms. The molecular weight excluding hydrogens is 414 g/mol. The van der Waals surface area contributed by atoms with E-state index in [2.05, 4.69) is 10.1 Å². The third-order valence-corrected chi connectivity index (χ3v) is 4.84. The van der Waals surface area contributed by atoms with Crippen LogP contribution in [0.15, 0.2) is 35.7 Å². The van der Waals surface area contributed by atoms with E-state index in [0.717, 1.165) is 30.6 Å². The normalized spacial score (nSPS) is 10.7. The summed E-state index contributed by atoms with van der Waals surface area (Å²) in [7, 11) is 0.942. The van der Waals surface area contributed by atoms with E-state index < -0.39 is 46.5 Å². The lowest BCUT2D eigenvalue weighted by atomic mass is 10.0. The number of hydrogen-bond acceptors (Lipinski definition) is 4. The van der Waals surface area contributed by atoms with Gasteiger partial charge in [-0.05, 0) is 17.7 Å². The van der Waals surface area contributed by atoms with Gasteiger partial charge in [0.1, 0.15) is 27.8 Å². The molecular formula is C19H11F4NO4S. The molecule has 3 aromatic rings. The molecule has 0 saturated carbocycles. The van der Waals surface area contributed by atoms with E-state index in [1.54, 1.807) is 0 Å². The zero-order chi connectivity index (χ0) is 21.3. The van der Waals surface area contributed by atoms with Crippen molar-refractivity contribution in [2.45, 2.75) is 0 Å². The summed E-state index contributed by atoms with van der Waals surface area (Å²) in [6, 6.07) is 5.24. The molecule has 0 atom stereocenters. The Labute approximate surface area is 165 Å². The van der Waals surface area contributed by atoms with Crippen molar-refractivity contribution in [1.82, 2.24) is 0 Å². The van der Waals surface area contributed by atoms with Crippen molar-refractivity contribution in [1.29, 1.82) is 0 Å². The van der Waals surface area contributed by atoms with Crippen LogP contribution < -0.4 is 10.1 Å². The van der Waals surface area contributed by atoms with Gasteiger partial charge in [-0.15, -0.1) is 11.3 Å². The molecule has 0 aliphatic heterocycles. The number of carbonyl (C=O) groups is 2. The summed E-state index contributed by atoms with van der Waals surface area (Å²) < 4.78 is 59.4. The number of nitrogens with one attached hydrogen (secondary N) is 1. The van der Waals surface area contributed by atoms with Crippen LogP contribution in [-0.2, 0) is 0 Å². The lowest BCUT2D eigenvalue weighted by Crippen LogP contribution is -2.18. The number of aromatic carboxylic acids is 1. The van der Waals surface area contributed by atoms with E-state index in [1.165, 1.54) is 17.5 Å². The SMILES string of the molecule is COc1c(F)cc(F)c(C(=O)Nc2scc(-c3ccc(F)cc3)c2C(=O)O)c1F. The van der Waals surface area contributed by atoms with Crippen molar-refractivity contribution < 1.29 is 37.0 Å². The van der Waals surface area contributed by atoms with Crippen LogP contribution in [0.5, 0.6) is 5.75 Å². The number of methoxy groups -OCH3 is 1. The van der Waals surface area contributed by atoms with Crippen LogP contribution in [0.4, 0.5) is 22.6 Å². The molecule has 29 heavy (non-hydrogen) atoms. The Kier molecular flexibility index (Phi) is 5.55. The largest absolute Gasteiger partial charge is 0.491 e. The highest BCUT2D eigenvalue weighted by Gasteiger charge is 2.27. The van der Waals surface area contributed by atoms with Crippen LogP contribution >= 0.6 is 11.3 Å². The Morgan fingerprint density at radius 3 is 2.28 bits per heavy atom. The molecule has 0 saturated heterocycles. The summed E-state index contributed by atoms with van der Waals surface area (Å²) in [6.45, 7) is 0. The second-order valence-electron chi connectivity index (χ2n) is 5.68. The average molecular weight is 425 g/mol. The fourth-order valence-electron chi connectivity index (χ4n) is 2.64. The average Bonchev–Trinajstić information content (AvgIpc) is 3.06. The molecule has 1 heterocycles. The molecule has 0 aliphatic rings. The van der Waals surface area contributed by atoms with Crippen LogP contribution in [0.1, 0.15) is 20.7 Å². The number of ether oxygens (including phenoxy) is 1. The van der Waals surface area contributed by atoms with Crippen molar-refractivity contribution in [3.8, 4) is 16.9 Å². The maximum absolute atomic E-state index is 14.3. The van der Waals surface area contributed by atoms with Crippen molar-refractivity contribution in [2.24, 2.45) is 0 Å². The highest BCUT2D eigenvalue weighted by Crippen LogP contribution is 2.36. The Morgan fingerprint density at radius 1 is 1.03 bits per heavy atom. The smallest absolute Gasteiger partial charge is 0.339 e. The summed E-state index contributed by atoms with van der Waals surface area (Å²) in [6.07, 6.45) is 0. The molecule has 0 fully saturated rings. The molecule has 0 bridgehead atoms. The van der Waals surface area contributed by atoms with Gasteiger partial charge in [-0.25, -0.2) is 22.4 Å². The number of anilines is 1. The predicted molar refractivity (Wildman–Crippen MR) is 97.5 cm³/mol. The fourth-order valence-corrected chi connectivity index (χ4v) is 3.59. The summed E-state index contributed by atoms with van der Waals surface area (Å²) in [5, 5.41) is 12.8. The van der Waals surface area contributed by atoms with Gasteiger partial charge < -0.3 is 15.2 Å². The van der Waals surface area contributed by atoms with E-state index in [9.17, 15) is 32.3 Å². The highest BCUT2D eigenvalue weighted by atomic mass is 32.1. The van der Waals surface area contributed by atoms with E-state index in [0.29, 0.717) is 5.56 Å². The molecule has 150 valence electrons. The molecule has 0 spiro atoms. The first-order valence-electron chi connectivity index (χ1n) is 7.88. The zero-order valence-electron chi connectivity index (χ0n) is 14.6. The molecule has 2 N–H and O–H groups in total. The van der Waals surface area contributed by atoms with Crippen LogP contribution in [0.25, 0.3) is 11.1 Å². The molecule has 0 aliphatic carbocycles. The standard InChI is InChI=1S/C19H11F4NO4S/c1-28-16-12(22)6-11(21)14(15(16)23)17(25)24-18-13(19(26)27)10(7-29-18)8-2-4-9(20)5-3-8/h2-7H,1H3,(H,24,25)(H,26,27). The molecule has 5 nitrogen and oxygen atoms in total. The lowest BCUT2D eigenvalue weighted by molar-refractivity contribution is 0.0699. The number of rotatable bonds is 5. The number of benzene rings is 2. The Hall–Kier alpha value is -3.40. The second kappa shape index (κ2) is 7.92. The zero-order valence-corrected chi connectivity index (χ0v) is 15.4. The molecule has 1 amide bonds. The van der Waals surface area contributed by atoms with Crippen molar-refractivity contribution in [2.75, 3.05) is 12.4 Å². The predicted octanol–water partition coefficient (Wildman–Crippen LogP) is 4.93. The van der Waals surface area contributed by atoms with E-state index in [1.807, 2.05) is 0 Å². The first-order chi connectivity index (χ1) is 13.7. The lowest BCUT2D eigenvalue weighted by Gasteiger charge is -2.10. The van der Waals surface area contributed by atoms with Gasteiger partial charge >= 0.3 is 5.97 Å². The molecule has 0 radical (unpaired) electrons. The molecule has 1 aromatic heterocycles. The second-order valence-corrected chi connectivity index (χ2v) is 6.56. The van der Waals surface area contributed by atoms with Gasteiger partial charge in [-0.1, -0.05) is 12.1 Å². The van der Waals surface area contributed by atoms with Crippen molar-refractivity contribution in [3.63, 3.8) is 0 Å². The molecule has 2 aromatic carbocycles. The van der Waals surface area contributed by atoms with Gasteiger partial charge in [0.25, 0.3) is 5.91 Å². The van der Waals surface area contributed by atoms with Gasteiger partial charge in [0.05, 0.1) is 7.11 Å². The van der Waals surface area contributed by atoms with Gasteiger partial charge in [0.2, 0.25) is 0 Å². The molecule has 3 rings (SSSR count). The van der Waals surface area contributed by atoms with Gasteiger partial charge in [0, 0.05) is 17.0 Å². The molecule has 0 unspecified atom stereocenters. The quantitative estimate of drug-likeness (QED) is 0.569. The van der Waals surface area contributed by atoms with Crippen LogP contribution in [0.2, 0.25) is 0 Å². The van der Waals surface area contributed by atoms with Gasteiger partial charge in [-0.2, -0.15) is 0 Å². The minimum Gasteiger partial charge on any atom is -0.491 e. The first-order valence-corrected chi connectivity index (χ1v) is 8.76. The number of amides is 1. The minimum absolute atomic E-state index is 0.176. The summed E-state index contributed by atoms with van der Waals surface area (Å²) in [5.41, 5.74) is -0.932. The van der Waals surface area contributed by atoms with Gasteiger partial charge in [-0.3, -0.25) is 4.79 Å². The maximum atomic E-state index is 14.3. The Morgan fingerprint density at radius 2 is 1.69 bits per heavy atom. The number of halogens is 4. The van der Waals surface area contributed by atoms with E-state index in [-0.39, 0.29) is 22.2 Å². The number of carbonyl (C=O) groups excluding carboxylic acids is 1. The maximum Gasteiger partial charge on any atom is 0.339 e. The minimum atomic E-state index is -1.56. The van der Waals surface area contributed by atoms with Crippen LogP contribution in [0.3, 0.4) is 0 Å². The van der Waals surface area contributed by atoms with E-state index in [4.69, 9.17) is 0 Å². The Bertz CT molecular complexity index is 1110. The van der Waals surface area contributed by atoms with Crippen molar-refractivity contribution in [3.05, 3.63) is 70.1 Å². The fraction of sp³-hybridized carbons (Fsp3) is 0.0526. The third-order valence-electron chi connectivity index (χ3n) is 3.95. The topological polar surface area (TPSA) is 75.6 Å². The highest BCUT2D eigenvalue weighted by molar-refractivity contribution is 7.15. The van der Waals surface area contributed by atoms with Crippen LogP contribution in [-0.4, -0.2) is 24.1 Å². The van der Waals surface area contributed by atoms with E-state index >= 15 is 0 Å². The number of thiophene rings is 1. The summed E-state index contributed by atoms with van der Waals surface area (Å²) >= 11 is 0.795. The monoisotopic (exact) mass is 425 g/mol. The van der Waals surface area contributed by atoms with Crippen molar-refractivity contribution >= 4 is 28.2 Å². The summed E-state index contributed by atoms with van der Waals surface area (Å²) in [5.74, 6) is -8.59. The first kappa shape index (κ1) is 20.3. The summed E-state index contributed by atoms with van der Waals surface area (Å²) in [4.78, 5) is 24.1. The number of hydrogen-bond donors (Lipinski definition) is 2. The van der Waals surface area contributed by atoms with Gasteiger partial charge in [0.15, 0.2) is 17.4 Å². The number of carboxylic acids is 1. The Balaban J connectivity index is 2.02. The number of carboxylic acid groups (broad SMARTS) is 1. The third kappa shape index (κ3) is 3.79. The van der Waals surface area contributed by atoms with Crippen LogP contribution in [0, 0.1) is 23.3 Å².